The molecule has 81 valence electrons. The fourth-order valence-corrected chi connectivity index (χ4v) is 2.44. The largest absolute Gasteiger partial charge is 0.497 e. The second kappa shape index (κ2) is 5.20. The van der Waals surface area contributed by atoms with E-state index in [1.54, 1.807) is 7.11 Å². The molecule has 1 aromatic carbocycles. The molecule has 1 radical (unpaired) electrons. The minimum Gasteiger partial charge on any atom is -0.497 e. The molecule has 1 saturated carbocycles. The Bertz CT molecular complexity index is 300. The second-order valence-corrected chi connectivity index (χ2v) is 4.46. The normalized spacial score (nSPS) is 17.7. The molecule has 0 aliphatic heterocycles. The topological polar surface area (TPSA) is 9.23 Å². The third kappa shape index (κ3) is 2.98. The molecule has 1 fully saturated rings. The number of hydrogen-bond donors (Lipinski definition) is 0. The van der Waals surface area contributed by atoms with Gasteiger partial charge in [-0.2, -0.15) is 0 Å². The zero-order chi connectivity index (χ0) is 10.5. The van der Waals surface area contributed by atoms with Gasteiger partial charge in [0.1, 0.15) is 5.75 Å². The Kier molecular flexibility index (Phi) is 3.65. The van der Waals surface area contributed by atoms with Crippen molar-refractivity contribution in [2.75, 3.05) is 7.11 Å². The molecule has 0 heterocycles. The van der Waals surface area contributed by atoms with Crippen molar-refractivity contribution >= 4 is 0 Å². The van der Waals surface area contributed by atoms with Crippen LogP contribution in [0.25, 0.3) is 0 Å². The van der Waals surface area contributed by atoms with Gasteiger partial charge in [0.25, 0.3) is 0 Å². The highest BCUT2D eigenvalue weighted by Crippen LogP contribution is 2.27. The average Bonchev–Trinajstić information content (AvgIpc) is 2.31. The highest BCUT2D eigenvalue weighted by atomic mass is 16.5. The molecule has 0 aromatic heterocycles. The van der Waals surface area contributed by atoms with Crippen LogP contribution in [0.1, 0.15) is 37.7 Å². The van der Waals surface area contributed by atoms with Crippen molar-refractivity contribution in [2.45, 2.75) is 38.5 Å². The molecule has 0 bridgehead atoms. The molecule has 0 spiro atoms. The molecule has 0 unspecified atom stereocenters. The Labute approximate surface area is 92.5 Å². The molecule has 2 rings (SSSR count). The standard InChI is InChI=1S/C14H19O/c1-15-14-9-5-8-13(11-14)10-12-6-3-2-4-7-12/h5,9,11-12H,2-4,6-7,10H2,1H3. The van der Waals surface area contributed by atoms with Gasteiger partial charge < -0.3 is 4.74 Å². The third-order valence-electron chi connectivity index (χ3n) is 3.30. The van der Waals surface area contributed by atoms with Gasteiger partial charge in [0.2, 0.25) is 0 Å². The van der Waals surface area contributed by atoms with E-state index in [-0.39, 0.29) is 0 Å². The van der Waals surface area contributed by atoms with Crippen LogP contribution >= 0.6 is 0 Å². The van der Waals surface area contributed by atoms with Crippen molar-refractivity contribution in [1.29, 1.82) is 0 Å². The first-order valence-electron chi connectivity index (χ1n) is 5.93. The molecular formula is C14H19O. The highest BCUT2D eigenvalue weighted by molar-refractivity contribution is 5.27. The SMILES string of the molecule is COc1cc[c]c(CC2CCCCC2)c1. The smallest absolute Gasteiger partial charge is 0.119 e. The van der Waals surface area contributed by atoms with Gasteiger partial charge in [-0.05, 0) is 36.1 Å². The molecule has 1 aliphatic carbocycles. The van der Waals surface area contributed by atoms with Crippen molar-refractivity contribution in [3.05, 3.63) is 29.8 Å². The lowest BCUT2D eigenvalue weighted by atomic mass is 9.85. The van der Waals surface area contributed by atoms with E-state index in [2.05, 4.69) is 12.1 Å². The summed E-state index contributed by atoms with van der Waals surface area (Å²) in [5.41, 5.74) is 1.31. The van der Waals surface area contributed by atoms with E-state index in [1.807, 2.05) is 12.1 Å². The van der Waals surface area contributed by atoms with E-state index in [9.17, 15) is 0 Å². The minimum absolute atomic E-state index is 0.877. The molecule has 1 heteroatoms. The van der Waals surface area contributed by atoms with Gasteiger partial charge in [-0.3, -0.25) is 0 Å². The molecule has 1 aliphatic rings. The van der Waals surface area contributed by atoms with Gasteiger partial charge in [-0.1, -0.05) is 38.2 Å². The molecule has 0 atom stereocenters. The maximum Gasteiger partial charge on any atom is 0.119 e. The predicted octanol–water partition coefficient (Wildman–Crippen LogP) is 3.62. The van der Waals surface area contributed by atoms with Crippen LogP contribution in [0.3, 0.4) is 0 Å². The lowest BCUT2D eigenvalue weighted by Gasteiger charge is -2.21. The van der Waals surface area contributed by atoms with Crippen molar-refractivity contribution in [3.63, 3.8) is 0 Å². The molecule has 1 nitrogen and oxygen atoms in total. The van der Waals surface area contributed by atoms with Crippen LogP contribution in [0, 0.1) is 12.0 Å². The van der Waals surface area contributed by atoms with Gasteiger partial charge in [0, 0.05) is 0 Å². The van der Waals surface area contributed by atoms with E-state index in [4.69, 9.17) is 4.74 Å². The van der Waals surface area contributed by atoms with Crippen LogP contribution in [-0.2, 0) is 6.42 Å². The van der Waals surface area contributed by atoms with E-state index in [1.165, 1.54) is 44.1 Å². The predicted molar refractivity (Wildman–Crippen MR) is 62.1 cm³/mol. The Balaban J connectivity index is 1.96. The van der Waals surface area contributed by atoms with Crippen LogP contribution in [0.4, 0.5) is 0 Å². The van der Waals surface area contributed by atoms with Gasteiger partial charge in [-0.25, -0.2) is 0 Å². The van der Waals surface area contributed by atoms with Crippen LogP contribution in [0.15, 0.2) is 18.2 Å². The van der Waals surface area contributed by atoms with Crippen molar-refractivity contribution in [1.82, 2.24) is 0 Å². The lowest BCUT2D eigenvalue weighted by Crippen LogP contribution is -2.09. The molecule has 15 heavy (non-hydrogen) atoms. The highest BCUT2D eigenvalue weighted by Gasteiger charge is 2.13. The summed E-state index contributed by atoms with van der Waals surface area (Å²) in [5.74, 6) is 1.83. The Morgan fingerprint density at radius 1 is 1.33 bits per heavy atom. The Morgan fingerprint density at radius 2 is 2.13 bits per heavy atom. The summed E-state index contributed by atoms with van der Waals surface area (Å²) in [6.45, 7) is 0. The van der Waals surface area contributed by atoms with Crippen LogP contribution in [0.2, 0.25) is 0 Å². The van der Waals surface area contributed by atoms with Crippen LogP contribution in [0.5, 0.6) is 5.75 Å². The zero-order valence-corrected chi connectivity index (χ0v) is 9.46. The Hall–Kier alpha value is -0.980. The van der Waals surface area contributed by atoms with Gasteiger partial charge in [-0.15, -0.1) is 0 Å². The average molecular weight is 203 g/mol. The molecule has 0 N–H and O–H groups in total. The summed E-state index contributed by atoms with van der Waals surface area (Å²) in [4.78, 5) is 0. The number of hydrogen-bond acceptors (Lipinski definition) is 1. The van der Waals surface area contributed by atoms with Gasteiger partial charge >= 0.3 is 0 Å². The summed E-state index contributed by atoms with van der Waals surface area (Å²) in [7, 11) is 1.72. The summed E-state index contributed by atoms with van der Waals surface area (Å²) in [6.07, 6.45) is 8.22. The molecule has 0 amide bonds. The third-order valence-corrected chi connectivity index (χ3v) is 3.30. The van der Waals surface area contributed by atoms with E-state index < -0.39 is 0 Å². The Morgan fingerprint density at radius 3 is 2.87 bits per heavy atom. The first kappa shape index (κ1) is 10.5. The lowest BCUT2D eigenvalue weighted by molar-refractivity contribution is 0.355. The van der Waals surface area contributed by atoms with Gasteiger partial charge in [0.15, 0.2) is 0 Å². The van der Waals surface area contributed by atoms with E-state index >= 15 is 0 Å². The fourth-order valence-electron chi connectivity index (χ4n) is 2.44. The van der Waals surface area contributed by atoms with Crippen LogP contribution in [-0.4, -0.2) is 7.11 Å². The molecule has 0 saturated heterocycles. The summed E-state index contributed by atoms with van der Waals surface area (Å²) in [6, 6.07) is 9.36. The molecule has 1 aromatic rings. The molecular weight excluding hydrogens is 184 g/mol. The monoisotopic (exact) mass is 203 g/mol. The van der Waals surface area contributed by atoms with Crippen molar-refractivity contribution < 1.29 is 4.74 Å². The minimum atomic E-state index is 0.877. The van der Waals surface area contributed by atoms with E-state index in [0.717, 1.165) is 11.7 Å². The zero-order valence-electron chi connectivity index (χ0n) is 9.46. The summed E-state index contributed by atoms with van der Waals surface area (Å²) < 4.78 is 5.22. The number of rotatable bonds is 3. The summed E-state index contributed by atoms with van der Waals surface area (Å²) >= 11 is 0. The first-order valence-corrected chi connectivity index (χ1v) is 5.93. The van der Waals surface area contributed by atoms with Crippen molar-refractivity contribution in [2.24, 2.45) is 5.92 Å². The quantitative estimate of drug-likeness (QED) is 0.729. The number of ether oxygens (including phenoxy) is 1. The van der Waals surface area contributed by atoms with Crippen LogP contribution < -0.4 is 4.74 Å². The van der Waals surface area contributed by atoms with Crippen molar-refractivity contribution in [3.8, 4) is 5.75 Å². The maximum absolute atomic E-state index is 5.22. The summed E-state index contributed by atoms with van der Waals surface area (Å²) in [5, 5.41) is 0. The van der Waals surface area contributed by atoms with Gasteiger partial charge in [0.05, 0.1) is 7.11 Å². The fraction of sp³-hybridized carbons (Fsp3) is 0.571. The number of benzene rings is 1. The first-order chi connectivity index (χ1) is 7.38. The maximum atomic E-state index is 5.22. The second-order valence-electron chi connectivity index (χ2n) is 4.46. The number of methoxy groups -OCH3 is 1. The van der Waals surface area contributed by atoms with E-state index in [0.29, 0.717) is 0 Å².